The molecule has 122 valence electrons. The third-order valence-corrected chi connectivity index (χ3v) is 4.07. The lowest BCUT2D eigenvalue weighted by Gasteiger charge is -2.34. The van der Waals surface area contributed by atoms with Crippen LogP contribution in [0.1, 0.15) is 12.0 Å². The van der Waals surface area contributed by atoms with Crippen LogP contribution in [0, 0.1) is 5.82 Å². The van der Waals surface area contributed by atoms with Crippen molar-refractivity contribution in [3.05, 3.63) is 48.3 Å². The Morgan fingerprint density at radius 2 is 1.87 bits per heavy atom. The van der Waals surface area contributed by atoms with Gasteiger partial charge in [0.05, 0.1) is 0 Å². The minimum atomic E-state index is -0.203. The van der Waals surface area contributed by atoms with Crippen LogP contribution >= 0.6 is 0 Å². The Balaban J connectivity index is 1.43. The number of hydrogen-bond acceptors (Lipinski definition) is 4. The quantitative estimate of drug-likeness (QED) is 0.830. The number of piperazine rings is 1. The van der Waals surface area contributed by atoms with Gasteiger partial charge in [-0.3, -0.25) is 9.69 Å². The van der Waals surface area contributed by atoms with E-state index in [0.717, 1.165) is 38.3 Å². The summed E-state index contributed by atoms with van der Waals surface area (Å²) in [5, 5.41) is 7.45. The van der Waals surface area contributed by atoms with E-state index >= 15 is 0 Å². The number of aryl methyl sites for hydroxylation is 1. The first-order chi connectivity index (χ1) is 11.2. The molecule has 1 aromatic carbocycles. The van der Waals surface area contributed by atoms with Crippen molar-refractivity contribution in [2.45, 2.75) is 19.5 Å². The van der Waals surface area contributed by atoms with Crippen molar-refractivity contribution in [1.29, 1.82) is 0 Å². The molecule has 0 atom stereocenters. The standard InChI is InChI=1S/C16H20FN5O/c17-15-3-1-2-14(10-15)11-20-6-8-22(9-7-20)16(23)4-5-21-12-18-19-13-21/h1-3,10,12-13H,4-9,11H2. The van der Waals surface area contributed by atoms with E-state index in [2.05, 4.69) is 15.1 Å². The van der Waals surface area contributed by atoms with Gasteiger partial charge in [0.25, 0.3) is 0 Å². The monoisotopic (exact) mass is 317 g/mol. The van der Waals surface area contributed by atoms with E-state index in [0.29, 0.717) is 13.0 Å². The summed E-state index contributed by atoms with van der Waals surface area (Å²) in [6.45, 7) is 4.40. The highest BCUT2D eigenvalue weighted by Gasteiger charge is 2.20. The van der Waals surface area contributed by atoms with Gasteiger partial charge in [-0.2, -0.15) is 0 Å². The maximum absolute atomic E-state index is 13.2. The Kier molecular flexibility index (Phi) is 4.97. The molecule has 0 spiro atoms. The van der Waals surface area contributed by atoms with Crippen molar-refractivity contribution in [3.8, 4) is 0 Å². The molecule has 1 aliphatic heterocycles. The molecule has 2 heterocycles. The number of benzene rings is 1. The van der Waals surface area contributed by atoms with Crippen LogP contribution < -0.4 is 0 Å². The van der Waals surface area contributed by atoms with Crippen molar-refractivity contribution < 1.29 is 9.18 Å². The van der Waals surface area contributed by atoms with Gasteiger partial charge in [0.15, 0.2) is 0 Å². The third kappa shape index (κ3) is 4.35. The molecular formula is C16H20FN5O. The summed E-state index contributed by atoms with van der Waals surface area (Å²) in [7, 11) is 0. The van der Waals surface area contributed by atoms with Gasteiger partial charge in [0.1, 0.15) is 18.5 Å². The van der Waals surface area contributed by atoms with Crippen LogP contribution in [-0.2, 0) is 17.9 Å². The molecule has 1 aromatic heterocycles. The number of carbonyl (C=O) groups excluding carboxylic acids is 1. The maximum Gasteiger partial charge on any atom is 0.224 e. The minimum Gasteiger partial charge on any atom is -0.340 e. The summed E-state index contributed by atoms with van der Waals surface area (Å²) in [4.78, 5) is 16.4. The number of rotatable bonds is 5. The second-order valence-electron chi connectivity index (χ2n) is 5.74. The molecule has 7 heteroatoms. The Morgan fingerprint density at radius 1 is 1.13 bits per heavy atom. The molecule has 0 unspecified atom stereocenters. The molecule has 1 aliphatic rings. The van der Waals surface area contributed by atoms with Crippen LogP contribution in [0.3, 0.4) is 0 Å². The number of carbonyl (C=O) groups is 1. The van der Waals surface area contributed by atoms with Gasteiger partial charge in [0, 0.05) is 45.7 Å². The van der Waals surface area contributed by atoms with Crippen molar-refractivity contribution in [1.82, 2.24) is 24.6 Å². The SMILES string of the molecule is O=C(CCn1cnnc1)N1CCN(Cc2cccc(F)c2)CC1. The average Bonchev–Trinajstić information content (AvgIpc) is 3.07. The highest BCUT2D eigenvalue weighted by Crippen LogP contribution is 2.11. The molecule has 1 amide bonds. The molecule has 2 aromatic rings. The summed E-state index contributed by atoms with van der Waals surface area (Å²) in [6, 6.07) is 6.68. The molecule has 6 nitrogen and oxygen atoms in total. The largest absolute Gasteiger partial charge is 0.340 e. The van der Waals surface area contributed by atoms with Crippen LogP contribution in [0.4, 0.5) is 4.39 Å². The molecule has 0 aliphatic carbocycles. The van der Waals surface area contributed by atoms with Crippen LogP contribution in [0.2, 0.25) is 0 Å². The first-order valence-electron chi connectivity index (χ1n) is 7.78. The topological polar surface area (TPSA) is 54.3 Å². The van der Waals surface area contributed by atoms with E-state index < -0.39 is 0 Å². The molecule has 0 bridgehead atoms. The number of amides is 1. The molecule has 1 fully saturated rings. The highest BCUT2D eigenvalue weighted by molar-refractivity contribution is 5.76. The van der Waals surface area contributed by atoms with Gasteiger partial charge in [-0.05, 0) is 17.7 Å². The molecule has 3 rings (SSSR count). The zero-order valence-electron chi connectivity index (χ0n) is 12.9. The number of aromatic nitrogens is 3. The van der Waals surface area contributed by atoms with Crippen LogP contribution in [0.5, 0.6) is 0 Å². The smallest absolute Gasteiger partial charge is 0.224 e. The zero-order valence-corrected chi connectivity index (χ0v) is 12.9. The number of nitrogens with zero attached hydrogens (tertiary/aromatic N) is 5. The fourth-order valence-corrected chi connectivity index (χ4v) is 2.77. The van der Waals surface area contributed by atoms with E-state index in [-0.39, 0.29) is 11.7 Å². The molecule has 0 radical (unpaired) electrons. The predicted octanol–water partition coefficient (Wildman–Crippen LogP) is 1.15. The van der Waals surface area contributed by atoms with Gasteiger partial charge in [-0.15, -0.1) is 10.2 Å². The predicted molar refractivity (Wildman–Crippen MR) is 82.9 cm³/mol. The fourth-order valence-electron chi connectivity index (χ4n) is 2.77. The van der Waals surface area contributed by atoms with Gasteiger partial charge in [-0.25, -0.2) is 4.39 Å². The van der Waals surface area contributed by atoms with E-state index in [1.807, 2.05) is 11.0 Å². The Hall–Kier alpha value is -2.28. The van der Waals surface area contributed by atoms with Crippen molar-refractivity contribution >= 4 is 5.91 Å². The van der Waals surface area contributed by atoms with Crippen molar-refractivity contribution in [2.24, 2.45) is 0 Å². The van der Waals surface area contributed by atoms with Crippen LogP contribution in [0.25, 0.3) is 0 Å². The molecule has 0 saturated carbocycles. The molecule has 23 heavy (non-hydrogen) atoms. The van der Waals surface area contributed by atoms with Gasteiger partial charge in [-0.1, -0.05) is 12.1 Å². The number of hydrogen-bond donors (Lipinski definition) is 0. The highest BCUT2D eigenvalue weighted by atomic mass is 19.1. The molecule has 0 N–H and O–H groups in total. The van der Waals surface area contributed by atoms with Crippen molar-refractivity contribution in [3.63, 3.8) is 0 Å². The Labute approximate surface area is 134 Å². The minimum absolute atomic E-state index is 0.157. The first kappa shape index (κ1) is 15.6. The van der Waals surface area contributed by atoms with E-state index in [1.165, 1.54) is 6.07 Å². The summed E-state index contributed by atoms with van der Waals surface area (Å²) in [5.74, 6) is -0.0468. The number of halogens is 1. The lowest BCUT2D eigenvalue weighted by molar-refractivity contribution is -0.133. The van der Waals surface area contributed by atoms with Gasteiger partial charge < -0.3 is 9.47 Å². The normalized spacial score (nSPS) is 15.8. The Bertz CT molecular complexity index is 638. The lowest BCUT2D eigenvalue weighted by Crippen LogP contribution is -2.48. The van der Waals surface area contributed by atoms with Gasteiger partial charge >= 0.3 is 0 Å². The summed E-state index contributed by atoms with van der Waals surface area (Å²) in [5.41, 5.74) is 0.970. The third-order valence-electron chi connectivity index (χ3n) is 4.07. The van der Waals surface area contributed by atoms with Crippen molar-refractivity contribution in [2.75, 3.05) is 26.2 Å². The summed E-state index contributed by atoms with van der Waals surface area (Å²) >= 11 is 0. The fraction of sp³-hybridized carbons (Fsp3) is 0.438. The second kappa shape index (κ2) is 7.32. The zero-order chi connectivity index (χ0) is 16.1. The van der Waals surface area contributed by atoms with Crippen LogP contribution in [-0.4, -0.2) is 56.7 Å². The summed E-state index contributed by atoms with van der Waals surface area (Å²) in [6.07, 6.45) is 3.69. The van der Waals surface area contributed by atoms with Gasteiger partial charge in [0.2, 0.25) is 5.91 Å². The maximum atomic E-state index is 13.2. The lowest BCUT2D eigenvalue weighted by atomic mass is 10.2. The second-order valence-corrected chi connectivity index (χ2v) is 5.74. The van der Waals surface area contributed by atoms with E-state index in [1.54, 1.807) is 29.4 Å². The van der Waals surface area contributed by atoms with Crippen LogP contribution in [0.15, 0.2) is 36.9 Å². The summed E-state index contributed by atoms with van der Waals surface area (Å²) < 4.78 is 15.0. The van der Waals surface area contributed by atoms with E-state index in [4.69, 9.17) is 0 Å². The first-order valence-corrected chi connectivity index (χ1v) is 7.78. The molecule has 1 saturated heterocycles. The average molecular weight is 317 g/mol. The van der Waals surface area contributed by atoms with E-state index in [9.17, 15) is 9.18 Å². The Morgan fingerprint density at radius 3 is 2.57 bits per heavy atom. The molecular weight excluding hydrogens is 297 g/mol.